The van der Waals surface area contributed by atoms with Crippen molar-refractivity contribution in [3.8, 4) is 11.3 Å². The van der Waals surface area contributed by atoms with E-state index in [1.165, 1.54) is 12.1 Å². The van der Waals surface area contributed by atoms with Crippen molar-refractivity contribution in [2.75, 3.05) is 0 Å². The Labute approximate surface area is 152 Å². The van der Waals surface area contributed by atoms with Gasteiger partial charge in [-0.15, -0.1) is 0 Å². The number of benzene rings is 2. The van der Waals surface area contributed by atoms with Crippen LogP contribution in [0, 0.1) is 10.1 Å². The minimum Gasteiger partial charge on any atom is -0.457 e. The second-order valence-electron chi connectivity index (χ2n) is 5.81. The van der Waals surface area contributed by atoms with Crippen molar-refractivity contribution in [2.45, 2.75) is 0 Å². The molecular weight excluding hydrogens is 346 g/mol. The van der Waals surface area contributed by atoms with Gasteiger partial charge in [-0.3, -0.25) is 14.9 Å². The largest absolute Gasteiger partial charge is 0.457 e. The number of non-ortho nitro benzene ring substituents is 1. The van der Waals surface area contributed by atoms with Gasteiger partial charge in [0.25, 0.3) is 11.2 Å². The highest BCUT2D eigenvalue weighted by Gasteiger charge is 2.09. The maximum Gasteiger partial charge on any atom is 0.270 e. The zero-order valence-electron chi connectivity index (χ0n) is 14.0. The molecule has 0 saturated heterocycles. The van der Waals surface area contributed by atoms with Gasteiger partial charge in [0.2, 0.25) is 0 Å². The van der Waals surface area contributed by atoms with Crippen molar-refractivity contribution in [2.24, 2.45) is 0 Å². The topological polar surface area (TPSA) is 102 Å². The van der Waals surface area contributed by atoms with Crippen LogP contribution in [0.15, 0.2) is 69.9 Å². The number of hydrogen-bond donors (Lipinski definition) is 1. The summed E-state index contributed by atoms with van der Waals surface area (Å²) in [6, 6.07) is 16.8. The molecule has 0 bridgehead atoms. The Morgan fingerprint density at radius 2 is 1.89 bits per heavy atom. The van der Waals surface area contributed by atoms with Crippen molar-refractivity contribution >= 4 is 28.7 Å². The van der Waals surface area contributed by atoms with Gasteiger partial charge in [0, 0.05) is 17.7 Å². The molecule has 4 rings (SSSR count). The van der Waals surface area contributed by atoms with E-state index < -0.39 is 4.92 Å². The summed E-state index contributed by atoms with van der Waals surface area (Å²) in [5.41, 5.74) is 1.01. The highest BCUT2D eigenvalue weighted by Crippen LogP contribution is 2.26. The van der Waals surface area contributed by atoms with Crippen LogP contribution in [0.1, 0.15) is 11.6 Å². The Bertz CT molecular complexity index is 1240. The summed E-state index contributed by atoms with van der Waals surface area (Å²) >= 11 is 0. The number of nitrogens with zero attached hydrogens (tertiary/aromatic N) is 2. The van der Waals surface area contributed by atoms with E-state index in [9.17, 15) is 14.9 Å². The first-order valence-electron chi connectivity index (χ1n) is 8.12. The fourth-order valence-corrected chi connectivity index (χ4v) is 2.71. The number of nitrogens with one attached hydrogen (secondary N) is 1. The average molecular weight is 359 g/mol. The van der Waals surface area contributed by atoms with E-state index in [2.05, 4.69) is 9.97 Å². The Kier molecular flexibility index (Phi) is 4.10. The number of nitro benzene ring substituents is 1. The fraction of sp³-hybridized carbons (Fsp3) is 0. The Morgan fingerprint density at radius 1 is 1.04 bits per heavy atom. The third-order valence-corrected chi connectivity index (χ3v) is 4.00. The molecule has 0 spiro atoms. The lowest BCUT2D eigenvalue weighted by molar-refractivity contribution is -0.384. The summed E-state index contributed by atoms with van der Waals surface area (Å²) in [7, 11) is 0. The lowest BCUT2D eigenvalue weighted by Gasteiger charge is -1.98. The second kappa shape index (κ2) is 6.72. The van der Waals surface area contributed by atoms with Gasteiger partial charge < -0.3 is 9.40 Å². The van der Waals surface area contributed by atoms with Crippen molar-refractivity contribution in [3.05, 3.63) is 92.7 Å². The minimum atomic E-state index is -0.449. The molecule has 1 N–H and O–H groups in total. The summed E-state index contributed by atoms with van der Waals surface area (Å²) in [6.07, 6.45) is 3.32. The summed E-state index contributed by atoms with van der Waals surface area (Å²) in [5, 5.41) is 11.4. The number of H-pyrrole nitrogens is 1. The van der Waals surface area contributed by atoms with Gasteiger partial charge in [0.1, 0.15) is 17.3 Å². The van der Waals surface area contributed by atoms with Crippen LogP contribution in [0.3, 0.4) is 0 Å². The zero-order valence-corrected chi connectivity index (χ0v) is 14.0. The van der Waals surface area contributed by atoms with Crippen LogP contribution in [-0.4, -0.2) is 14.9 Å². The van der Waals surface area contributed by atoms with Crippen LogP contribution in [-0.2, 0) is 0 Å². The van der Waals surface area contributed by atoms with Gasteiger partial charge in [-0.05, 0) is 36.4 Å². The smallest absolute Gasteiger partial charge is 0.270 e. The van der Waals surface area contributed by atoms with Crippen molar-refractivity contribution in [3.63, 3.8) is 0 Å². The first-order chi connectivity index (χ1) is 13.1. The Balaban J connectivity index is 1.62. The minimum absolute atomic E-state index is 0.000990. The molecule has 2 aromatic heterocycles. The van der Waals surface area contributed by atoms with Gasteiger partial charge in [-0.25, -0.2) is 4.98 Å². The van der Waals surface area contributed by atoms with Gasteiger partial charge in [0.15, 0.2) is 0 Å². The van der Waals surface area contributed by atoms with Crippen molar-refractivity contribution in [1.82, 2.24) is 9.97 Å². The number of para-hydroxylation sites is 1. The quantitative estimate of drug-likeness (QED) is 0.433. The summed E-state index contributed by atoms with van der Waals surface area (Å²) in [6.45, 7) is 0. The highest BCUT2D eigenvalue weighted by atomic mass is 16.6. The van der Waals surface area contributed by atoms with E-state index in [0.717, 1.165) is 0 Å². The molecule has 2 heterocycles. The van der Waals surface area contributed by atoms with E-state index in [4.69, 9.17) is 4.42 Å². The van der Waals surface area contributed by atoms with Gasteiger partial charge in [-0.1, -0.05) is 24.3 Å². The molecule has 7 heteroatoms. The number of aromatic nitrogens is 2. The fourth-order valence-electron chi connectivity index (χ4n) is 2.71. The van der Waals surface area contributed by atoms with Crippen LogP contribution >= 0.6 is 0 Å². The molecular formula is C20H13N3O4. The number of rotatable bonds is 4. The van der Waals surface area contributed by atoms with E-state index in [0.29, 0.717) is 33.8 Å². The molecule has 0 saturated carbocycles. The van der Waals surface area contributed by atoms with E-state index in [-0.39, 0.29) is 11.2 Å². The summed E-state index contributed by atoms with van der Waals surface area (Å²) in [5.74, 6) is 1.46. The van der Waals surface area contributed by atoms with Crippen molar-refractivity contribution < 1.29 is 9.34 Å². The number of hydrogen-bond acceptors (Lipinski definition) is 5. The van der Waals surface area contributed by atoms with Gasteiger partial charge >= 0.3 is 0 Å². The average Bonchev–Trinajstić information content (AvgIpc) is 3.16. The molecule has 0 fully saturated rings. The van der Waals surface area contributed by atoms with Gasteiger partial charge in [0.05, 0.1) is 15.8 Å². The molecule has 7 nitrogen and oxygen atoms in total. The number of nitro groups is 1. The molecule has 0 unspecified atom stereocenters. The van der Waals surface area contributed by atoms with E-state index >= 15 is 0 Å². The molecule has 0 aliphatic rings. The first-order valence-corrected chi connectivity index (χ1v) is 8.12. The number of aromatic amines is 1. The van der Waals surface area contributed by atoms with Crippen LogP contribution in [0.4, 0.5) is 5.69 Å². The molecule has 132 valence electrons. The molecule has 2 aromatic carbocycles. The molecule has 0 amide bonds. The molecule has 0 atom stereocenters. The van der Waals surface area contributed by atoms with Crippen LogP contribution in [0.5, 0.6) is 0 Å². The second-order valence-corrected chi connectivity index (χ2v) is 5.81. The monoisotopic (exact) mass is 359 g/mol. The Morgan fingerprint density at radius 3 is 2.74 bits per heavy atom. The normalized spacial score (nSPS) is 11.3. The SMILES string of the molecule is O=c1[nH]c(/C=C/c2ccc(-c3cccc([N+](=O)[O-])c3)o2)nc2ccccc12. The number of fused-ring (bicyclic) bond motifs is 1. The Hall–Kier alpha value is -4.00. The van der Waals surface area contributed by atoms with E-state index in [1.54, 1.807) is 54.6 Å². The molecule has 0 radical (unpaired) electrons. The van der Waals surface area contributed by atoms with Crippen LogP contribution in [0.2, 0.25) is 0 Å². The molecule has 0 aliphatic heterocycles. The maximum atomic E-state index is 12.1. The summed E-state index contributed by atoms with van der Waals surface area (Å²) < 4.78 is 5.71. The molecule has 4 aromatic rings. The lowest BCUT2D eigenvalue weighted by atomic mass is 10.1. The standard InChI is InChI=1S/C20H13N3O4/c24-20-16-6-1-2-7-17(16)21-19(22-20)11-9-15-8-10-18(27-15)13-4-3-5-14(12-13)23(25)26/h1-12H,(H,21,22,24)/b11-9+. The summed E-state index contributed by atoms with van der Waals surface area (Å²) in [4.78, 5) is 29.6. The number of furan rings is 1. The van der Waals surface area contributed by atoms with E-state index in [1.807, 2.05) is 6.07 Å². The third kappa shape index (κ3) is 3.38. The van der Waals surface area contributed by atoms with Crippen molar-refractivity contribution in [1.29, 1.82) is 0 Å². The maximum absolute atomic E-state index is 12.1. The van der Waals surface area contributed by atoms with Crippen LogP contribution in [0.25, 0.3) is 34.4 Å². The highest BCUT2D eigenvalue weighted by molar-refractivity contribution is 5.78. The lowest BCUT2D eigenvalue weighted by Crippen LogP contribution is -2.09. The molecule has 27 heavy (non-hydrogen) atoms. The zero-order chi connectivity index (χ0) is 18.8. The predicted octanol–water partition coefficient (Wildman–Crippen LogP) is 4.26. The first kappa shape index (κ1) is 16.5. The predicted molar refractivity (Wildman–Crippen MR) is 102 cm³/mol. The molecule has 0 aliphatic carbocycles. The van der Waals surface area contributed by atoms with Crippen LogP contribution < -0.4 is 5.56 Å². The van der Waals surface area contributed by atoms with Gasteiger partial charge in [-0.2, -0.15) is 0 Å². The third-order valence-electron chi connectivity index (χ3n) is 4.00.